The van der Waals surface area contributed by atoms with Gasteiger partial charge >= 0.3 is 5.97 Å². The van der Waals surface area contributed by atoms with Gasteiger partial charge in [-0.05, 0) is 30.5 Å². The van der Waals surface area contributed by atoms with Crippen molar-refractivity contribution >= 4 is 29.2 Å². The third-order valence-corrected chi connectivity index (χ3v) is 2.81. The summed E-state index contributed by atoms with van der Waals surface area (Å²) in [5.74, 6) is -0.874. The lowest BCUT2D eigenvalue weighted by Gasteiger charge is -2.08. The number of halogens is 2. The minimum absolute atomic E-state index is 0.0246. The van der Waals surface area contributed by atoms with Gasteiger partial charge in [0, 0.05) is 10.4 Å². The number of carboxylic acids is 1. The third-order valence-electron chi connectivity index (χ3n) is 2.08. The SMILES string of the molecule is Cc1cc(CC(Cl)CC(=O)O)ccc1Cl. The third kappa shape index (κ3) is 4.10. The topological polar surface area (TPSA) is 37.3 Å². The van der Waals surface area contributed by atoms with Gasteiger partial charge in [-0.2, -0.15) is 0 Å². The van der Waals surface area contributed by atoms with Crippen molar-refractivity contribution in [2.24, 2.45) is 0 Å². The van der Waals surface area contributed by atoms with E-state index in [0.29, 0.717) is 11.4 Å². The zero-order chi connectivity index (χ0) is 11.4. The van der Waals surface area contributed by atoms with Crippen LogP contribution in [-0.4, -0.2) is 16.5 Å². The average molecular weight is 247 g/mol. The van der Waals surface area contributed by atoms with Crippen LogP contribution in [-0.2, 0) is 11.2 Å². The molecule has 1 atom stereocenters. The van der Waals surface area contributed by atoms with E-state index in [4.69, 9.17) is 28.3 Å². The molecule has 1 unspecified atom stereocenters. The molecule has 0 aliphatic heterocycles. The van der Waals surface area contributed by atoms with Crippen molar-refractivity contribution in [3.8, 4) is 0 Å². The summed E-state index contributed by atoms with van der Waals surface area (Å²) < 4.78 is 0. The molecule has 0 saturated carbocycles. The summed E-state index contributed by atoms with van der Waals surface area (Å²) in [6.45, 7) is 1.91. The molecular weight excluding hydrogens is 235 g/mol. The van der Waals surface area contributed by atoms with Gasteiger partial charge in [-0.15, -0.1) is 11.6 Å². The Bertz CT molecular complexity index is 364. The standard InChI is InChI=1S/C11H12Cl2O2/c1-7-4-8(2-3-10(7)13)5-9(12)6-11(14)15/h2-4,9H,5-6H2,1H3,(H,14,15). The van der Waals surface area contributed by atoms with Gasteiger partial charge in [-0.3, -0.25) is 4.79 Å². The van der Waals surface area contributed by atoms with Crippen molar-refractivity contribution in [1.29, 1.82) is 0 Å². The Morgan fingerprint density at radius 1 is 1.53 bits per heavy atom. The number of carbonyl (C=O) groups is 1. The van der Waals surface area contributed by atoms with Crippen molar-refractivity contribution in [2.45, 2.75) is 25.1 Å². The number of carboxylic acid groups (broad SMARTS) is 1. The molecule has 82 valence electrons. The Balaban J connectivity index is 2.64. The second-order valence-corrected chi connectivity index (χ2v) is 4.51. The molecule has 0 heterocycles. The molecule has 0 saturated heterocycles. The predicted molar refractivity (Wildman–Crippen MR) is 61.8 cm³/mol. The van der Waals surface area contributed by atoms with E-state index in [1.807, 2.05) is 19.1 Å². The van der Waals surface area contributed by atoms with Crippen LogP contribution in [0.2, 0.25) is 5.02 Å². The summed E-state index contributed by atoms with van der Waals surface area (Å²) in [5, 5.41) is 8.89. The summed E-state index contributed by atoms with van der Waals surface area (Å²) in [7, 11) is 0. The number of alkyl halides is 1. The Hall–Kier alpha value is -0.730. The van der Waals surface area contributed by atoms with Gasteiger partial charge in [0.25, 0.3) is 0 Å². The second kappa shape index (κ2) is 5.38. The lowest BCUT2D eigenvalue weighted by molar-refractivity contribution is -0.137. The maximum absolute atomic E-state index is 10.4. The molecule has 0 amide bonds. The lowest BCUT2D eigenvalue weighted by Crippen LogP contribution is -2.10. The number of rotatable bonds is 4. The highest BCUT2D eigenvalue weighted by Crippen LogP contribution is 2.19. The molecule has 0 aromatic heterocycles. The molecule has 1 rings (SSSR count). The molecule has 1 N–H and O–H groups in total. The van der Waals surface area contributed by atoms with E-state index in [9.17, 15) is 4.79 Å². The van der Waals surface area contributed by atoms with Crippen molar-refractivity contribution in [3.05, 3.63) is 34.3 Å². The molecule has 0 radical (unpaired) electrons. The van der Waals surface area contributed by atoms with E-state index in [1.165, 1.54) is 0 Å². The van der Waals surface area contributed by atoms with Crippen molar-refractivity contribution in [1.82, 2.24) is 0 Å². The van der Waals surface area contributed by atoms with Crippen LogP contribution in [0.25, 0.3) is 0 Å². The second-order valence-electron chi connectivity index (χ2n) is 3.48. The number of aliphatic carboxylic acids is 1. The van der Waals surface area contributed by atoms with Gasteiger partial charge < -0.3 is 5.11 Å². The molecule has 0 aliphatic carbocycles. The minimum atomic E-state index is -0.874. The highest BCUT2D eigenvalue weighted by Gasteiger charge is 2.10. The number of benzene rings is 1. The van der Waals surface area contributed by atoms with Gasteiger partial charge in [0.1, 0.15) is 0 Å². The summed E-state index contributed by atoms with van der Waals surface area (Å²) in [6.07, 6.45) is 0.523. The Morgan fingerprint density at radius 2 is 2.20 bits per heavy atom. The van der Waals surface area contributed by atoms with E-state index in [1.54, 1.807) is 6.07 Å². The van der Waals surface area contributed by atoms with Crippen molar-refractivity contribution < 1.29 is 9.90 Å². The van der Waals surface area contributed by atoms with E-state index in [0.717, 1.165) is 11.1 Å². The highest BCUT2D eigenvalue weighted by molar-refractivity contribution is 6.31. The van der Waals surface area contributed by atoms with E-state index < -0.39 is 5.97 Å². The van der Waals surface area contributed by atoms with Crippen molar-refractivity contribution in [3.63, 3.8) is 0 Å². The van der Waals surface area contributed by atoms with Crippen LogP contribution in [0.3, 0.4) is 0 Å². The lowest BCUT2D eigenvalue weighted by atomic mass is 10.1. The van der Waals surface area contributed by atoms with Crippen LogP contribution < -0.4 is 0 Å². The van der Waals surface area contributed by atoms with Crippen LogP contribution in [0.5, 0.6) is 0 Å². The molecule has 1 aromatic carbocycles. The Labute approximate surface area is 98.8 Å². The molecule has 0 fully saturated rings. The van der Waals surface area contributed by atoms with E-state index >= 15 is 0 Å². The minimum Gasteiger partial charge on any atom is -0.481 e. The van der Waals surface area contributed by atoms with Gasteiger partial charge in [-0.25, -0.2) is 0 Å². The molecule has 1 aromatic rings. The molecule has 0 bridgehead atoms. The monoisotopic (exact) mass is 246 g/mol. The summed E-state index contributed by atoms with van der Waals surface area (Å²) in [4.78, 5) is 10.4. The first-order valence-corrected chi connectivity index (χ1v) is 5.41. The van der Waals surface area contributed by atoms with Gasteiger partial charge in [0.15, 0.2) is 0 Å². The van der Waals surface area contributed by atoms with Crippen LogP contribution in [0.4, 0.5) is 0 Å². The molecule has 0 spiro atoms. The van der Waals surface area contributed by atoms with Gasteiger partial charge in [0.05, 0.1) is 6.42 Å². The molecular formula is C11H12Cl2O2. The zero-order valence-corrected chi connectivity index (χ0v) is 9.85. The average Bonchev–Trinajstić information content (AvgIpc) is 2.10. The number of hydrogen-bond acceptors (Lipinski definition) is 1. The largest absolute Gasteiger partial charge is 0.481 e. The van der Waals surface area contributed by atoms with Crippen molar-refractivity contribution in [2.75, 3.05) is 0 Å². The first-order valence-electron chi connectivity index (χ1n) is 4.60. The Kier molecular flexibility index (Phi) is 4.43. The van der Waals surface area contributed by atoms with Gasteiger partial charge in [-0.1, -0.05) is 23.7 Å². The van der Waals surface area contributed by atoms with E-state index in [-0.39, 0.29) is 11.8 Å². The van der Waals surface area contributed by atoms with Crippen LogP contribution >= 0.6 is 23.2 Å². The molecule has 15 heavy (non-hydrogen) atoms. The fraction of sp³-hybridized carbons (Fsp3) is 0.364. The summed E-state index contributed by atoms with van der Waals surface area (Å²) >= 11 is 11.8. The summed E-state index contributed by atoms with van der Waals surface area (Å²) in [6, 6.07) is 5.60. The molecule has 0 aliphatic rings. The van der Waals surface area contributed by atoms with Crippen LogP contribution in [0, 0.1) is 6.92 Å². The first kappa shape index (κ1) is 12.3. The summed E-state index contributed by atoms with van der Waals surface area (Å²) in [5.41, 5.74) is 1.99. The fourth-order valence-corrected chi connectivity index (χ4v) is 1.78. The number of aryl methyl sites for hydroxylation is 1. The quantitative estimate of drug-likeness (QED) is 0.829. The highest BCUT2D eigenvalue weighted by atomic mass is 35.5. The van der Waals surface area contributed by atoms with Crippen LogP contribution in [0.15, 0.2) is 18.2 Å². The first-order chi connectivity index (χ1) is 6.99. The Morgan fingerprint density at radius 3 is 2.73 bits per heavy atom. The van der Waals surface area contributed by atoms with Crippen LogP contribution in [0.1, 0.15) is 17.5 Å². The maximum atomic E-state index is 10.4. The zero-order valence-electron chi connectivity index (χ0n) is 8.34. The molecule has 4 heteroatoms. The maximum Gasteiger partial charge on any atom is 0.304 e. The predicted octanol–water partition coefficient (Wildman–Crippen LogP) is 3.27. The molecule has 2 nitrogen and oxygen atoms in total. The normalized spacial score (nSPS) is 12.5. The van der Waals surface area contributed by atoms with Gasteiger partial charge in [0.2, 0.25) is 0 Å². The smallest absolute Gasteiger partial charge is 0.304 e. The fourth-order valence-electron chi connectivity index (χ4n) is 1.35. The van der Waals surface area contributed by atoms with E-state index in [2.05, 4.69) is 0 Å². The number of hydrogen-bond donors (Lipinski definition) is 1.